The second-order valence-corrected chi connectivity index (χ2v) is 5.43. The molecular weight excluding hydrogens is 270 g/mol. The molecule has 0 amide bonds. The second kappa shape index (κ2) is 3.97. The van der Waals surface area contributed by atoms with Crippen LogP contribution in [-0.4, -0.2) is 15.7 Å². The normalized spacial score (nSPS) is 11.8. The molecule has 5 heteroatoms. The van der Waals surface area contributed by atoms with Crippen molar-refractivity contribution < 1.29 is 4.42 Å². The lowest BCUT2D eigenvalue weighted by Crippen LogP contribution is -2.26. The highest BCUT2D eigenvalue weighted by Crippen LogP contribution is 2.25. The van der Waals surface area contributed by atoms with Gasteiger partial charge in [-0.2, -0.15) is 5.10 Å². The number of halogens is 1. The smallest absolute Gasteiger partial charge is 0.169 e. The maximum atomic E-state index is 5.43. The topological polar surface area (TPSA) is 53.9 Å². The molecule has 0 spiro atoms. The van der Waals surface area contributed by atoms with Gasteiger partial charge in [0, 0.05) is 11.6 Å². The summed E-state index contributed by atoms with van der Waals surface area (Å²) >= 11 is 3.27. The number of hydrogen-bond donors (Lipinski definition) is 2. The summed E-state index contributed by atoms with van der Waals surface area (Å²) in [7, 11) is 0. The van der Waals surface area contributed by atoms with Crippen molar-refractivity contribution in [3.63, 3.8) is 0 Å². The number of nitrogens with zero attached hydrogens (tertiary/aromatic N) is 1. The van der Waals surface area contributed by atoms with Gasteiger partial charge in [0.15, 0.2) is 10.4 Å². The molecule has 0 saturated carbocycles. The molecule has 86 valence electrons. The standard InChI is InChI=1S/C11H14BrN3O/c1-11(2,3)13-10-6-7(14-15-10)8-4-5-9(12)16-8/h4-6H,1-3H3,(H2,13,14,15). The van der Waals surface area contributed by atoms with E-state index in [1.165, 1.54) is 0 Å². The van der Waals surface area contributed by atoms with Crippen LogP contribution < -0.4 is 5.32 Å². The van der Waals surface area contributed by atoms with Crippen LogP contribution in [0.25, 0.3) is 11.5 Å². The first-order valence-electron chi connectivity index (χ1n) is 5.03. The lowest BCUT2D eigenvalue weighted by atomic mass is 10.1. The first-order chi connectivity index (χ1) is 7.44. The number of rotatable bonds is 2. The van der Waals surface area contributed by atoms with Gasteiger partial charge in [-0.05, 0) is 48.8 Å². The van der Waals surface area contributed by atoms with Crippen LogP contribution >= 0.6 is 15.9 Å². The molecular formula is C11H14BrN3O. The third-order valence-electron chi connectivity index (χ3n) is 1.92. The Bertz CT molecular complexity index is 481. The van der Waals surface area contributed by atoms with E-state index in [4.69, 9.17) is 4.42 Å². The summed E-state index contributed by atoms with van der Waals surface area (Å²) in [5.74, 6) is 1.58. The van der Waals surface area contributed by atoms with Crippen molar-refractivity contribution in [3.8, 4) is 11.5 Å². The summed E-state index contributed by atoms with van der Waals surface area (Å²) < 4.78 is 6.14. The fourth-order valence-electron chi connectivity index (χ4n) is 1.36. The van der Waals surface area contributed by atoms with Crippen LogP contribution in [0.15, 0.2) is 27.3 Å². The Hall–Kier alpha value is -1.23. The molecule has 0 aromatic carbocycles. The Kier molecular flexibility index (Phi) is 2.80. The monoisotopic (exact) mass is 283 g/mol. The van der Waals surface area contributed by atoms with Gasteiger partial charge in [-0.25, -0.2) is 0 Å². The van der Waals surface area contributed by atoms with Gasteiger partial charge >= 0.3 is 0 Å². The molecule has 0 unspecified atom stereocenters. The highest BCUT2D eigenvalue weighted by molar-refractivity contribution is 9.10. The molecule has 4 nitrogen and oxygen atoms in total. The molecule has 2 aromatic heterocycles. The van der Waals surface area contributed by atoms with Gasteiger partial charge in [0.1, 0.15) is 11.5 Å². The molecule has 2 N–H and O–H groups in total. The summed E-state index contributed by atoms with van der Waals surface area (Å²) in [6.07, 6.45) is 0. The fourth-order valence-corrected chi connectivity index (χ4v) is 1.66. The Morgan fingerprint density at radius 2 is 2.12 bits per heavy atom. The molecule has 0 bridgehead atoms. The summed E-state index contributed by atoms with van der Waals surface area (Å²) in [5.41, 5.74) is 0.855. The van der Waals surface area contributed by atoms with Gasteiger partial charge in [0.25, 0.3) is 0 Å². The molecule has 0 aliphatic rings. The first-order valence-corrected chi connectivity index (χ1v) is 5.83. The van der Waals surface area contributed by atoms with Crippen LogP contribution in [0, 0.1) is 0 Å². The first kappa shape index (κ1) is 11.3. The molecule has 0 fully saturated rings. The van der Waals surface area contributed by atoms with E-state index in [9.17, 15) is 0 Å². The number of anilines is 1. The summed E-state index contributed by atoms with van der Waals surface area (Å²) in [6, 6.07) is 5.67. The van der Waals surface area contributed by atoms with Crippen LogP contribution in [0.1, 0.15) is 20.8 Å². The van der Waals surface area contributed by atoms with Crippen molar-refractivity contribution in [2.45, 2.75) is 26.3 Å². The van der Waals surface area contributed by atoms with E-state index in [1.54, 1.807) is 0 Å². The number of aromatic amines is 1. The van der Waals surface area contributed by atoms with E-state index in [1.807, 2.05) is 18.2 Å². The molecule has 16 heavy (non-hydrogen) atoms. The van der Waals surface area contributed by atoms with Crippen LogP contribution in [0.5, 0.6) is 0 Å². The summed E-state index contributed by atoms with van der Waals surface area (Å²) in [4.78, 5) is 0. The minimum atomic E-state index is -0.00376. The van der Waals surface area contributed by atoms with Gasteiger partial charge in [0.2, 0.25) is 0 Å². The quantitative estimate of drug-likeness (QED) is 0.885. The molecule has 2 heterocycles. The van der Waals surface area contributed by atoms with Gasteiger partial charge in [-0.15, -0.1) is 0 Å². The Morgan fingerprint density at radius 3 is 2.69 bits per heavy atom. The van der Waals surface area contributed by atoms with Crippen LogP contribution in [0.3, 0.4) is 0 Å². The zero-order valence-corrected chi connectivity index (χ0v) is 11.1. The van der Waals surface area contributed by atoms with E-state index >= 15 is 0 Å². The fraction of sp³-hybridized carbons (Fsp3) is 0.364. The van der Waals surface area contributed by atoms with Crippen LogP contribution in [0.4, 0.5) is 5.82 Å². The molecule has 2 rings (SSSR count). The Labute approximate surface area is 103 Å². The predicted octanol–water partition coefficient (Wildman–Crippen LogP) is 3.64. The number of nitrogens with one attached hydrogen (secondary N) is 2. The Balaban J connectivity index is 2.20. The SMILES string of the molecule is CC(C)(C)Nc1cc(-c2ccc(Br)o2)[nH]n1. The lowest BCUT2D eigenvalue weighted by molar-refractivity contribution is 0.553. The molecule has 2 aromatic rings. The minimum absolute atomic E-state index is 0.00376. The number of furan rings is 1. The highest BCUT2D eigenvalue weighted by atomic mass is 79.9. The molecule has 0 radical (unpaired) electrons. The van der Waals surface area contributed by atoms with Gasteiger partial charge in [0.05, 0.1) is 0 Å². The van der Waals surface area contributed by atoms with E-state index in [-0.39, 0.29) is 5.54 Å². The van der Waals surface area contributed by atoms with Crippen LogP contribution in [-0.2, 0) is 0 Å². The average molecular weight is 284 g/mol. The third kappa shape index (κ3) is 2.66. The van der Waals surface area contributed by atoms with Crippen molar-refractivity contribution in [3.05, 3.63) is 22.9 Å². The van der Waals surface area contributed by atoms with Gasteiger partial charge in [-0.3, -0.25) is 5.10 Å². The number of hydrogen-bond acceptors (Lipinski definition) is 3. The summed E-state index contributed by atoms with van der Waals surface area (Å²) in [6.45, 7) is 6.26. The van der Waals surface area contributed by atoms with Gasteiger partial charge in [-0.1, -0.05) is 0 Å². The average Bonchev–Trinajstić information content (AvgIpc) is 2.71. The number of aromatic nitrogens is 2. The predicted molar refractivity (Wildman–Crippen MR) is 67.4 cm³/mol. The van der Waals surface area contributed by atoms with Crippen molar-refractivity contribution in [2.24, 2.45) is 0 Å². The van der Waals surface area contributed by atoms with Crippen molar-refractivity contribution in [2.75, 3.05) is 5.32 Å². The molecule has 0 atom stereocenters. The van der Waals surface area contributed by atoms with Crippen molar-refractivity contribution >= 4 is 21.7 Å². The van der Waals surface area contributed by atoms with E-state index in [2.05, 4.69) is 52.2 Å². The zero-order valence-electron chi connectivity index (χ0n) is 9.47. The van der Waals surface area contributed by atoms with E-state index < -0.39 is 0 Å². The highest BCUT2D eigenvalue weighted by Gasteiger charge is 2.13. The van der Waals surface area contributed by atoms with Crippen molar-refractivity contribution in [1.82, 2.24) is 10.2 Å². The van der Waals surface area contributed by atoms with Crippen LogP contribution in [0.2, 0.25) is 0 Å². The number of H-pyrrole nitrogens is 1. The second-order valence-electron chi connectivity index (χ2n) is 4.65. The van der Waals surface area contributed by atoms with E-state index in [0.29, 0.717) is 4.67 Å². The third-order valence-corrected chi connectivity index (χ3v) is 2.35. The maximum absolute atomic E-state index is 5.43. The van der Waals surface area contributed by atoms with Gasteiger partial charge < -0.3 is 9.73 Å². The maximum Gasteiger partial charge on any atom is 0.169 e. The molecule has 0 saturated heterocycles. The summed E-state index contributed by atoms with van der Waals surface area (Å²) in [5, 5.41) is 10.4. The molecule has 0 aliphatic heterocycles. The van der Waals surface area contributed by atoms with E-state index in [0.717, 1.165) is 17.3 Å². The lowest BCUT2D eigenvalue weighted by Gasteiger charge is -2.19. The minimum Gasteiger partial charge on any atom is -0.448 e. The largest absolute Gasteiger partial charge is 0.448 e. The Morgan fingerprint density at radius 1 is 1.38 bits per heavy atom. The zero-order chi connectivity index (χ0) is 11.8. The molecule has 0 aliphatic carbocycles. The van der Waals surface area contributed by atoms with Crippen molar-refractivity contribution in [1.29, 1.82) is 0 Å².